The summed E-state index contributed by atoms with van der Waals surface area (Å²) in [6, 6.07) is 9.39. The maximum atomic E-state index is 11.8. The summed E-state index contributed by atoms with van der Waals surface area (Å²) in [6.45, 7) is 13.4. The Labute approximate surface area is 276 Å². The van der Waals surface area contributed by atoms with Gasteiger partial charge in [-0.3, -0.25) is 0 Å². The van der Waals surface area contributed by atoms with E-state index >= 15 is 0 Å². The molecule has 4 aliphatic rings. The lowest BCUT2D eigenvalue weighted by atomic mass is 9.78. The summed E-state index contributed by atoms with van der Waals surface area (Å²) in [5.41, 5.74) is 2.45. The highest BCUT2D eigenvalue weighted by molar-refractivity contribution is 6.65. The van der Waals surface area contributed by atoms with Crippen LogP contribution < -0.4 is 31.0 Å². The molecule has 2 atom stereocenters. The number of carbonyl (C=O) groups is 2. The van der Waals surface area contributed by atoms with Crippen molar-refractivity contribution in [2.24, 2.45) is 0 Å². The van der Waals surface area contributed by atoms with Crippen molar-refractivity contribution in [2.45, 2.75) is 72.4 Å². The Morgan fingerprint density at radius 3 is 1.89 bits per heavy atom. The molecule has 0 aromatic heterocycles. The van der Waals surface area contributed by atoms with Crippen molar-refractivity contribution in [3.8, 4) is 11.5 Å². The van der Waals surface area contributed by atoms with Gasteiger partial charge in [-0.05, 0) is 65.3 Å². The number of ether oxygens (including phenoxy) is 4. The highest BCUT2D eigenvalue weighted by Gasteiger charge is 2.43. The van der Waals surface area contributed by atoms with Crippen LogP contribution in [0.2, 0.25) is 5.02 Å². The van der Waals surface area contributed by atoms with E-state index in [4.69, 9.17) is 49.2 Å². The molecule has 6 rings (SSSR count). The number of hydrogen-bond donors (Lipinski definition) is 2. The molecule has 0 spiro atoms. The van der Waals surface area contributed by atoms with E-state index in [0.717, 1.165) is 27.8 Å². The average molecular weight is 661 g/mol. The van der Waals surface area contributed by atoms with E-state index in [1.54, 1.807) is 6.07 Å². The Hall–Kier alpha value is -3.16. The molecule has 0 saturated carbocycles. The molecule has 250 valence electrons. The van der Waals surface area contributed by atoms with E-state index in [-0.39, 0.29) is 20.1 Å². The van der Waals surface area contributed by atoms with Crippen molar-refractivity contribution in [3.05, 3.63) is 46.5 Å². The minimum Gasteiger partial charge on any atom is -0.492 e. The van der Waals surface area contributed by atoms with Crippen molar-refractivity contribution in [2.75, 3.05) is 39.5 Å². The Balaban J connectivity index is 0.000000205. The topological polar surface area (TPSA) is 132 Å². The second kappa shape index (κ2) is 14.7. The fraction of sp³-hybridized carbons (Fsp3) is 0.548. The Kier molecular flexibility index (Phi) is 11.4. The van der Waals surface area contributed by atoms with Gasteiger partial charge in [0.1, 0.15) is 35.9 Å². The lowest BCUT2D eigenvalue weighted by Gasteiger charge is -2.21. The molecule has 0 fully saturated rings. The standard InChI is InChI=1S/C15H19BClNO5.C15H20BNO5.CH4/c1-15(2,3)22-14(19)18-8-11-12-9(17)4-5-10-13(12)16(23-11)21-7-6-20-10;1-15(2,3)21-14(18)17-9-12-10-5-4-6-11-13(10)16(22-12)20-8-7-19-11;/h4-5,11H,6-8H2,1-3H3,(H,18,19);4-6,12H,7-9H2,1-3H3,(H,17,18);1H4/t11-;12-;/m11./s1. The summed E-state index contributed by atoms with van der Waals surface area (Å²) in [6.07, 6.45) is -1.63. The number of carbonyl (C=O) groups excluding carboxylic acids is 2. The van der Waals surface area contributed by atoms with E-state index < -0.39 is 43.7 Å². The number of benzene rings is 2. The molecular weight excluding hydrogens is 617 g/mol. The summed E-state index contributed by atoms with van der Waals surface area (Å²) in [5.74, 6) is 1.51. The molecule has 0 radical (unpaired) electrons. The van der Waals surface area contributed by atoms with Crippen molar-refractivity contribution in [1.29, 1.82) is 0 Å². The zero-order valence-corrected chi connectivity index (χ0v) is 27.2. The summed E-state index contributed by atoms with van der Waals surface area (Å²) >= 11 is 6.32. The Morgan fingerprint density at radius 1 is 0.783 bits per heavy atom. The van der Waals surface area contributed by atoms with Crippen LogP contribution in [0.3, 0.4) is 0 Å². The molecule has 2 N–H and O–H groups in total. The molecule has 4 aliphatic heterocycles. The first-order chi connectivity index (χ1) is 21.3. The van der Waals surface area contributed by atoms with Gasteiger partial charge in [-0.1, -0.05) is 31.2 Å². The van der Waals surface area contributed by atoms with Crippen LogP contribution >= 0.6 is 11.6 Å². The van der Waals surface area contributed by atoms with Crippen LogP contribution in [0.15, 0.2) is 30.3 Å². The maximum absolute atomic E-state index is 11.8. The van der Waals surface area contributed by atoms with Crippen LogP contribution in [-0.2, 0) is 28.1 Å². The third-order valence-electron chi connectivity index (χ3n) is 6.89. The smallest absolute Gasteiger partial charge is 0.492 e. The van der Waals surface area contributed by atoms with Crippen LogP contribution in [0.4, 0.5) is 9.59 Å². The molecule has 0 unspecified atom stereocenters. The highest BCUT2D eigenvalue weighted by Crippen LogP contribution is 2.35. The van der Waals surface area contributed by atoms with Crippen LogP contribution in [0.25, 0.3) is 0 Å². The monoisotopic (exact) mass is 660 g/mol. The Morgan fingerprint density at radius 2 is 1.30 bits per heavy atom. The van der Waals surface area contributed by atoms with Crippen molar-refractivity contribution < 1.29 is 47.2 Å². The van der Waals surface area contributed by atoms with Gasteiger partial charge in [0.15, 0.2) is 0 Å². The average Bonchev–Trinajstić information content (AvgIpc) is 3.33. The zero-order chi connectivity index (χ0) is 32.4. The molecule has 0 saturated heterocycles. The van der Waals surface area contributed by atoms with Gasteiger partial charge in [0.25, 0.3) is 0 Å². The molecular formula is C31H43B2ClN2O10. The number of amides is 2. The minimum absolute atomic E-state index is 0. The molecule has 4 heterocycles. The Bertz CT molecular complexity index is 1400. The van der Waals surface area contributed by atoms with Crippen LogP contribution in [0, 0.1) is 0 Å². The van der Waals surface area contributed by atoms with Crippen LogP contribution in [0.5, 0.6) is 11.5 Å². The summed E-state index contributed by atoms with van der Waals surface area (Å²) in [4.78, 5) is 23.6. The quantitative estimate of drug-likeness (QED) is 0.463. The van der Waals surface area contributed by atoms with Crippen molar-refractivity contribution in [1.82, 2.24) is 10.6 Å². The van der Waals surface area contributed by atoms with Crippen molar-refractivity contribution in [3.63, 3.8) is 0 Å². The molecule has 0 bridgehead atoms. The minimum atomic E-state index is -0.552. The molecule has 2 aromatic carbocycles. The van der Waals surface area contributed by atoms with Crippen LogP contribution in [0.1, 0.15) is 72.3 Å². The van der Waals surface area contributed by atoms with Gasteiger partial charge in [0.05, 0.1) is 25.4 Å². The van der Waals surface area contributed by atoms with E-state index in [1.807, 2.05) is 65.8 Å². The lowest BCUT2D eigenvalue weighted by molar-refractivity contribution is 0.0485. The number of rotatable bonds is 4. The van der Waals surface area contributed by atoms with Gasteiger partial charge < -0.3 is 48.2 Å². The molecule has 2 aromatic rings. The van der Waals surface area contributed by atoms with E-state index in [1.165, 1.54) is 0 Å². The predicted molar refractivity (Wildman–Crippen MR) is 174 cm³/mol. The maximum Gasteiger partial charge on any atom is 0.498 e. The third-order valence-corrected chi connectivity index (χ3v) is 7.22. The highest BCUT2D eigenvalue weighted by atomic mass is 35.5. The van der Waals surface area contributed by atoms with Gasteiger partial charge in [0.2, 0.25) is 0 Å². The number of halogens is 1. The summed E-state index contributed by atoms with van der Waals surface area (Å²) in [5, 5.41) is 6.01. The van der Waals surface area contributed by atoms with Gasteiger partial charge in [0, 0.05) is 34.6 Å². The molecule has 15 heteroatoms. The first-order valence-electron chi connectivity index (χ1n) is 15.0. The van der Waals surface area contributed by atoms with Gasteiger partial charge in [-0.2, -0.15) is 0 Å². The molecule has 46 heavy (non-hydrogen) atoms. The normalized spacial score (nSPS) is 19.4. The van der Waals surface area contributed by atoms with Crippen molar-refractivity contribution >= 4 is 48.9 Å². The van der Waals surface area contributed by atoms with E-state index in [0.29, 0.717) is 43.7 Å². The first-order valence-corrected chi connectivity index (χ1v) is 15.4. The second-order valence-corrected chi connectivity index (χ2v) is 13.2. The summed E-state index contributed by atoms with van der Waals surface area (Å²) in [7, 11) is -0.953. The molecule has 0 aliphatic carbocycles. The predicted octanol–water partition coefficient (Wildman–Crippen LogP) is 4.06. The van der Waals surface area contributed by atoms with Gasteiger partial charge in [-0.15, -0.1) is 0 Å². The number of nitrogens with one attached hydrogen (secondary N) is 2. The van der Waals surface area contributed by atoms with Crippen LogP contribution in [-0.4, -0.2) is 77.1 Å². The second-order valence-electron chi connectivity index (χ2n) is 12.7. The molecule has 12 nitrogen and oxygen atoms in total. The largest absolute Gasteiger partial charge is 0.498 e. The first kappa shape index (κ1) is 35.7. The zero-order valence-electron chi connectivity index (χ0n) is 26.4. The summed E-state index contributed by atoms with van der Waals surface area (Å²) < 4.78 is 44.9. The third kappa shape index (κ3) is 8.80. The lowest BCUT2D eigenvalue weighted by Crippen LogP contribution is -2.35. The van der Waals surface area contributed by atoms with Gasteiger partial charge in [-0.25, -0.2) is 9.59 Å². The van der Waals surface area contributed by atoms with E-state index in [2.05, 4.69) is 10.6 Å². The number of alkyl carbamates (subject to hydrolysis) is 2. The van der Waals surface area contributed by atoms with E-state index in [9.17, 15) is 9.59 Å². The van der Waals surface area contributed by atoms with Gasteiger partial charge >= 0.3 is 26.4 Å². The SMILES string of the molecule is C.CC(C)(C)OC(=O)NC[C@H]1OB2OCCOc3ccc(Cl)c1c32.CC(C)(C)OC(=O)NC[C@H]1OB2OCCOc3cccc1c32. The number of hydrogen-bond acceptors (Lipinski definition) is 10. The fourth-order valence-electron chi connectivity index (χ4n) is 5.23. The fourth-order valence-corrected chi connectivity index (χ4v) is 5.52. The molecule has 2 amide bonds.